The lowest BCUT2D eigenvalue weighted by Gasteiger charge is -2.22. The number of carbonyl (C=O) groups excluding carboxylic acids is 1. The second kappa shape index (κ2) is 7.29. The van der Waals surface area contributed by atoms with Crippen molar-refractivity contribution in [3.05, 3.63) is 0 Å². The summed E-state index contributed by atoms with van der Waals surface area (Å²) >= 11 is 0. The second-order valence-corrected chi connectivity index (χ2v) is 5.39. The summed E-state index contributed by atoms with van der Waals surface area (Å²) in [5.41, 5.74) is 6.07. The van der Waals surface area contributed by atoms with Crippen LogP contribution in [0.25, 0.3) is 0 Å². The van der Waals surface area contributed by atoms with Crippen molar-refractivity contribution in [2.24, 2.45) is 11.1 Å². The fourth-order valence-electron chi connectivity index (χ4n) is 1.59. The Bertz CT molecular complexity index is 248. The highest BCUT2D eigenvalue weighted by molar-refractivity contribution is 5.76. The summed E-state index contributed by atoms with van der Waals surface area (Å²) in [4.78, 5) is 11.5. The first-order chi connectivity index (χ1) is 7.35. The molecule has 0 bridgehead atoms. The van der Waals surface area contributed by atoms with Crippen LogP contribution in [0.3, 0.4) is 0 Å². The number of rotatable bonds is 6. The molecule has 3 nitrogen and oxygen atoms in total. The molecule has 0 aromatic carbocycles. The van der Waals surface area contributed by atoms with E-state index in [0.717, 1.165) is 12.8 Å². The van der Waals surface area contributed by atoms with Gasteiger partial charge >= 0.3 is 0 Å². The first-order valence-electron chi connectivity index (χ1n) is 5.81. The van der Waals surface area contributed by atoms with E-state index >= 15 is 0 Å². The predicted octanol–water partition coefficient (Wildman–Crippen LogP) is 1.67. The smallest absolute Gasteiger partial charge is 0.221 e. The van der Waals surface area contributed by atoms with Crippen LogP contribution in [-0.4, -0.2) is 18.5 Å². The molecular formula is C13H24N2O. The molecule has 0 rings (SSSR count). The molecule has 0 spiro atoms. The number of nitrogens with one attached hydrogen (secondary N) is 1. The summed E-state index contributed by atoms with van der Waals surface area (Å²) < 4.78 is 0. The van der Waals surface area contributed by atoms with E-state index in [1.54, 1.807) is 0 Å². The van der Waals surface area contributed by atoms with Gasteiger partial charge < -0.3 is 11.1 Å². The third kappa shape index (κ3) is 9.54. The van der Waals surface area contributed by atoms with Gasteiger partial charge in [-0.3, -0.25) is 4.79 Å². The molecule has 3 N–H and O–H groups in total. The molecule has 0 heterocycles. The molecular weight excluding hydrogens is 200 g/mol. The lowest BCUT2D eigenvalue weighted by molar-refractivity contribution is -0.121. The molecule has 1 unspecified atom stereocenters. The molecule has 3 heteroatoms. The molecule has 1 atom stereocenters. The predicted molar refractivity (Wildman–Crippen MR) is 67.7 cm³/mol. The minimum atomic E-state index is -0.0624. The van der Waals surface area contributed by atoms with Crippen molar-refractivity contribution in [1.29, 1.82) is 0 Å². The Morgan fingerprint density at radius 2 is 2.12 bits per heavy atom. The molecule has 0 saturated carbocycles. The van der Waals surface area contributed by atoms with Crippen LogP contribution in [0.2, 0.25) is 0 Å². The summed E-state index contributed by atoms with van der Waals surface area (Å²) in [6.07, 6.45) is 7.89. The average molecular weight is 224 g/mol. The Labute approximate surface area is 99.2 Å². The fraction of sp³-hybridized carbons (Fsp3) is 0.769. The molecule has 1 amide bonds. The SMILES string of the molecule is C#CCCCNC(=O)CC(N)CC(C)(C)C. The number of hydrogen-bond donors (Lipinski definition) is 2. The van der Waals surface area contributed by atoms with Gasteiger partial charge in [0.25, 0.3) is 0 Å². The lowest BCUT2D eigenvalue weighted by Crippen LogP contribution is -2.34. The largest absolute Gasteiger partial charge is 0.356 e. The van der Waals surface area contributed by atoms with Crippen molar-refractivity contribution < 1.29 is 4.79 Å². The van der Waals surface area contributed by atoms with Crippen LogP contribution in [0.15, 0.2) is 0 Å². The summed E-state index contributed by atoms with van der Waals surface area (Å²) in [5, 5.41) is 2.82. The Balaban J connectivity index is 3.67. The Morgan fingerprint density at radius 3 is 2.62 bits per heavy atom. The summed E-state index contributed by atoms with van der Waals surface area (Å²) in [7, 11) is 0. The van der Waals surface area contributed by atoms with Gasteiger partial charge in [0.05, 0.1) is 0 Å². The maximum atomic E-state index is 11.5. The van der Waals surface area contributed by atoms with Crippen LogP contribution in [0, 0.1) is 17.8 Å². The van der Waals surface area contributed by atoms with E-state index in [0.29, 0.717) is 19.4 Å². The summed E-state index contributed by atoms with van der Waals surface area (Å²) in [6, 6.07) is -0.0624. The highest BCUT2D eigenvalue weighted by Crippen LogP contribution is 2.20. The zero-order valence-corrected chi connectivity index (χ0v) is 10.7. The van der Waals surface area contributed by atoms with E-state index in [2.05, 4.69) is 32.0 Å². The molecule has 0 aliphatic rings. The van der Waals surface area contributed by atoms with Crippen molar-refractivity contribution in [1.82, 2.24) is 5.32 Å². The summed E-state index contributed by atoms with van der Waals surface area (Å²) in [5.74, 6) is 2.56. The summed E-state index contributed by atoms with van der Waals surface area (Å²) in [6.45, 7) is 7.01. The van der Waals surface area contributed by atoms with Gasteiger partial charge in [0.2, 0.25) is 5.91 Å². The number of carbonyl (C=O) groups is 1. The Morgan fingerprint density at radius 1 is 1.50 bits per heavy atom. The van der Waals surface area contributed by atoms with Crippen LogP contribution in [0.5, 0.6) is 0 Å². The first kappa shape index (κ1) is 15.0. The normalized spacial score (nSPS) is 12.9. The molecule has 0 aliphatic heterocycles. The minimum absolute atomic E-state index is 0.0220. The average Bonchev–Trinajstić information content (AvgIpc) is 2.09. The van der Waals surface area contributed by atoms with Gasteiger partial charge in [0.15, 0.2) is 0 Å². The molecule has 0 saturated heterocycles. The molecule has 0 aromatic heterocycles. The van der Waals surface area contributed by atoms with Crippen LogP contribution in [0.4, 0.5) is 0 Å². The molecule has 16 heavy (non-hydrogen) atoms. The zero-order chi connectivity index (χ0) is 12.6. The standard InChI is InChI=1S/C13H24N2O/c1-5-6-7-8-15-12(16)9-11(14)10-13(2,3)4/h1,11H,6-10,14H2,2-4H3,(H,15,16). The molecule has 92 valence electrons. The van der Waals surface area contributed by atoms with Crippen molar-refractivity contribution >= 4 is 5.91 Å². The quantitative estimate of drug-likeness (QED) is 0.532. The van der Waals surface area contributed by atoms with Crippen molar-refractivity contribution in [3.63, 3.8) is 0 Å². The molecule has 0 radical (unpaired) electrons. The van der Waals surface area contributed by atoms with E-state index in [1.807, 2.05) is 0 Å². The van der Waals surface area contributed by atoms with Gasteiger partial charge in [0.1, 0.15) is 0 Å². The zero-order valence-electron chi connectivity index (χ0n) is 10.7. The number of hydrogen-bond acceptors (Lipinski definition) is 2. The van der Waals surface area contributed by atoms with Crippen molar-refractivity contribution in [2.75, 3.05) is 6.54 Å². The van der Waals surface area contributed by atoms with Gasteiger partial charge in [-0.1, -0.05) is 20.8 Å². The number of unbranched alkanes of at least 4 members (excludes halogenated alkanes) is 1. The van der Waals surface area contributed by atoms with Crippen LogP contribution in [-0.2, 0) is 4.79 Å². The Hall–Kier alpha value is -1.01. The van der Waals surface area contributed by atoms with Gasteiger partial charge in [-0.15, -0.1) is 12.3 Å². The monoisotopic (exact) mass is 224 g/mol. The third-order valence-corrected chi connectivity index (χ3v) is 2.14. The highest BCUT2D eigenvalue weighted by Gasteiger charge is 2.17. The Kier molecular flexibility index (Phi) is 6.83. The third-order valence-electron chi connectivity index (χ3n) is 2.14. The van der Waals surface area contributed by atoms with Crippen LogP contribution >= 0.6 is 0 Å². The fourth-order valence-corrected chi connectivity index (χ4v) is 1.59. The molecule has 0 aromatic rings. The highest BCUT2D eigenvalue weighted by atomic mass is 16.1. The van der Waals surface area contributed by atoms with E-state index in [-0.39, 0.29) is 17.4 Å². The van der Waals surface area contributed by atoms with Crippen LogP contribution in [0.1, 0.15) is 46.5 Å². The van der Waals surface area contributed by atoms with Gasteiger partial charge in [0, 0.05) is 25.4 Å². The number of amides is 1. The van der Waals surface area contributed by atoms with Crippen LogP contribution < -0.4 is 11.1 Å². The number of nitrogens with two attached hydrogens (primary N) is 1. The molecule has 0 fully saturated rings. The maximum Gasteiger partial charge on any atom is 0.221 e. The molecule has 0 aliphatic carbocycles. The van der Waals surface area contributed by atoms with E-state index in [1.165, 1.54) is 0 Å². The van der Waals surface area contributed by atoms with Crippen molar-refractivity contribution in [3.8, 4) is 12.3 Å². The van der Waals surface area contributed by atoms with Gasteiger partial charge in [-0.25, -0.2) is 0 Å². The topological polar surface area (TPSA) is 55.1 Å². The second-order valence-electron chi connectivity index (χ2n) is 5.39. The van der Waals surface area contributed by atoms with Gasteiger partial charge in [-0.2, -0.15) is 0 Å². The minimum Gasteiger partial charge on any atom is -0.356 e. The van der Waals surface area contributed by atoms with Crippen molar-refractivity contribution in [2.45, 2.75) is 52.5 Å². The number of terminal acetylenes is 1. The van der Waals surface area contributed by atoms with Gasteiger partial charge in [-0.05, 0) is 18.3 Å². The van der Waals surface area contributed by atoms with E-state index in [4.69, 9.17) is 12.2 Å². The first-order valence-corrected chi connectivity index (χ1v) is 5.81. The van der Waals surface area contributed by atoms with E-state index in [9.17, 15) is 4.79 Å². The van der Waals surface area contributed by atoms with E-state index < -0.39 is 0 Å². The lowest BCUT2D eigenvalue weighted by atomic mass is 9.87. The maximum absolute atomic E-state index is 11.5.